The number of amides is 1. The van der Waals surface area contributed by atoms with Gasteiger partial charge in [0.15, 0.2) is 5.69 Å². The van der Waals surface area contributed by atoms with Gasteiger partial charge in [0.2, 0.25) is 0 Å². The van der Waals surface area contributed by atoms with Crippen LogP contribution >= 0.6 is 0 Å². The molecule has 1 amide bonds. The van der Waals surface area contributed by atoms with Crippen molar-refractivity contribution in [3.8, 4) is 0 Å². The highest BCUT2D eigenvalue weighted by molar-refractivity contribution is 5.94. The molecule has 29 heavy (non-hydrogen) atoms. The molecule has 150 valence electrons. The lowest BCUT2D eigenvalue weighted by Gasteiger charge is -2.27. The van der Waals surface area contributed by atoms with E-state index in [1.54, 1.807) is 0 Å². The lowest BCUT2D eigenvalue weighted by atomic mass is 10.0. The van der Waals surface area contributed by atoms with Crippen LogP contribution in [0.3, 0.4) is 0 Å². The minimum Gasteiger partial charge on any atom is -0.337 e. The summed E-state index contributed by atoms with van der Waals surface area (Å²) in [6, 6.07) is 12.5. The van der Waals surface area contributed by atoms with Crippen molar-refractivity contribution >= 4 is 16.8 Å². The predicted molar refractivity (Wildman–Crippen MR) is 113 cm³/mol. The summed E-state index contributed by atoms with van der Waals surface area (Å²) in [4.78, 5) is 22.3. The molecule has 0 spiro atoms. The van der Waals surface area contributed by atoms with Crippen LogP contribution in [0.25, 0.3) is 10.9 Å². The molecule has 3 aromatic rings. The number of likely N-dealkylation sites (tertiary alicyclic amines) is 1. The Kier molecular flexibility index (Phi) is 4.79. The molecule has 0 saturated carbocycles. The van der Waals surface area contributed by atoms with Gasteiger partial charge in [-0.2, -0.15) is 5.10 Å². The van der Waals surface area contributed by atoms with Crippen LogP contribution in [0.2, 0.25) is 0 Å². The Balaban J connectivity index is 1.40. The minimum absolute atomic E-state index is 0.108. The third kappa shape index (κ3) is 3.42. The molecule has 0 radical (unpaired) electrons. The van der Waals surface area contributed by atoms with Crippen LogP contribution in [-0.4, -0.2) is 50.1 Å². The fourth-order valence-corrected chi connectivity index (χ4v) is 4.61. The normalized spacial score (nSPS) is 17.1. The maximum Gasteiger partial charge on any atom is 0.274 e. The zero-order valence-corrected chi connectivity index (χ0v) is 17.0. The molecule has 0 aliphatic carbocycles. The van der Waals surface area contributed by atoms with E-state index in [0.717, 1.165) is 75.3 Å². The lowest BCUT2D eigenvalue weighted by molar-refractivity contribution is 0.0783. The van der Waals surface area contributed by atoms with Gasteiger partial charge in [0.05, 0.1) is 11.2 Å². The van der Waals surface area contributed by atoms with Crippen molar-refractivity contribution in [3.05, 3.63) is 59.0 Å². The number of nitrogens with zero attached hydrogens (tertiary/aromatic N) is 5. The monoisotopic (exact) mass is 389 g/mol. The Morgan fingerprint density at radius 2 is 1.90 bits per heavy atom. The third-order valence-electron chi connectivity index (χ3n) is 6.15. The highest BCUT2D eigenvalue weighted by atomic mass is 16.2. The third-order valence-corrected chi connectivity index (χ3v) is 6.15. The molecule has 5 rings (SSSR count). The molecule has 0 atom stereocenters. The maximum absolute atomic E-state index is 13.1. The van der Waals surface area contributed by atoms with Crippen LogP contribution in [-0.2, 0) is 26.1 Å². The average Bonchev–Trinajstić information content (AvgIpc) is 3.41. The van der Waals surface area contributed by atoms with Gasteiger partial charge in [-0.3, -0.25) is 19.4 Å². The quantitative estimate of drug-likeness (QED) is 0.687. The first-order chi connectivity index (χ1) is 14.2. The number of rotatable bonds is 4. The van der Waals surface area contributed by atoms with Crippen LogP contribution in [0.1, 0.15) is 47.2 Å². The van der Waals surface area contributed by atoms with Gasteiger partial charge < -0.3 is 4.90 Å². The van der Waals surface area contributed by atoms with Crippen LogP contribution < -0.4 is 0 Å². The molecule has 2 aliphatic rings. The second-order valence-electron chi connectivity index (χ2n) is 8.04. The number of para-hydroxylation sites is 1. The molecule has 4 heterocycles. The summed E-state index contributed by atoms with van der Waals surface area (Å²) >= 11 is 0. The SMILES string of the molecule is CCn1nc(C(=O)N2CCCC2)c2c1CCN(Cc1ccc3ccccc3n1)C2. The molecule has 6 heteroatoms. The lowest BCUT2D eigenvalue weighted by Crippen LogP contribution is -2.33. The number of carbonyl (C=O) groups is 1. The zero-order valence-electron chi connectivity index (χ0n) is 17.0. The van der Waals surface area contributed by atoms with E-state index >= 15 is 0 Å². The van der Waals surface area contributed by atoms with Gasteiger partial charge in [-0.05, 0) is 31.9 Å². The van der Waals surface area contributed by atoms with Crippen molar-refractivity contribution < 1.29 is 4.79 Å². The number of aryl methyl sites for hydroxylation is 1. The van der Waals surface area contributed by atoms with Crippen molar-refractivity contribution in [2.75, 3.05) is 19.6 Å². The topological polar surface area (TPSA) is 54.3 Å². The van der Waals surface area contributed by atoms with Crippen molar-refractivity contribution in [2.45, 2.75) is 45.8 Å². The number of fused-ring (bicyclic) bond motifs is 2. The first-order valence-electron chi connectivity index (χ1n) is 10.7. The Labute approximate surface area is 171 Å². The number of carbonyl (C=O) groups excluding carboxylic acids is 1. The first kappa shape index (κ1) is 18.3. The van der Waals surface area contributed by atoms with E-state index in [9.17, 15) is 4.79 Å². The molecule has 0 N–H and O–H groups in total. The number of hydrogen-bond acceptors (Lipinski definition) is 4. The van der Waals surface area contributed by atoms with Crippen LogP contribution in [0.4, 0.5) is 0 Å². The largest absolute Gasteiger partial charge is 0.337 e. The standard InChI is InChI=1S/C23H27N5O/c1-2-28-21-11-14-26(15-18-10-9-17-7-3-4-8-20(17)24-18)16-19(21)22(25-28)23(29)27-12-5-6-13-27/h3-4,7-10H,2,5-6,11-16H2,1H3. The highest BCUT2D eigenvalue weighted by Crippen LogP contribution is 2.26. The van der Waals surface area contributed by atoms with Crippen molar-refractivity contribution in [1.82, 2.24) is 24.6 Å². The second-order valence-corrected chi connectivity index (χ2v) is 8.04. The highest BCUT2D eigenvalue weighted by Gasteiger charge is 2.31. The molecule has 1 saturated heterocycles. The van der Waals surface area contributed by atoms with Gasteiger partial charge in [0.1, 0.15) is 0 Å². The molecular formula is C23H27N5O. The van der Waals surface area contributed by atoms with Crippen molar-refractivity contribution in [1.29, 1.82) is 0 Å². The van der Waals surface area contributed by atoms with Gasteiger partial charge in [-0.1, -0.05) is 24.3 Å². The van der Waals surface area contributed by atoms with E-state index < -0.39 is 0 Å². The van der Waals surface area contributed by atoms with E-state index in [1.807, 2.05) is 21.7 Å². The summed E-state index contributed by atoms with van der Waals surface area (Å²) in [7, 11) is 0. The Morgan fingerprint density at radius 3 is 2.72 bits per heavy atom. The molecule has 1 aromatic carbocycles. The fraction of sp³-hybridized carbons (Fsp3) is 0.435. The summed E-state index contributed by atoms with van der Waals surface area (Å²) in [5.41, 5.74) is 5.13. The van der Waals surface area contributed by atoms with Crippen molar-refractivity contribution in [3.63, 3.8) is 0 Å². The number of benzene rings is 1. The zero-order chi connectivity index (χ0) is 19.8. The number of pyridine rings is 1. The summed E-state index contributed by atoms with van der Waals surface area (Å²) in [6.07, 6.45) is 3.13. The Morgan fingerprint density at radius 1 is 1.07 bits per heavy atom. The van der Waals surface area contributed by atoms with E-state index in [2.05, 4.69) is 36.1 Å². The Bertz CT molecular complexity index is 1050. The number of hydrogen-bond donors (Lipinski definition) is 0. The van der Waals surface area contributed by atoms with Gasteiger partial charge >= 0.3 is 0 Å². The van der Waals surface area contributed by atoms with Crippen LogP contribution in [0.5, 0.6) is 0 Å². The summed E-state index contributed by atoms with van der Waals surface area (Å²) in [5, 5.41) is 5.89. The number of aromatic nitrogens is 3. The maximum atomic E-state index is 13.1. The molecular weight excluding hydrogens is 362 g/mol. The van der Waals surface area contributed by atoms with E-state index in [0.29, 0.717) is 5.69 Å². The minimum atomic E-state index is 0.108. The molecule has 2 aromatic heterocycles. The van der Waals surface area contributed by atoms with Gasteiger partial charge in [0.25, 0.3) is 5.91 Å². The summed E-state index contributed by atoms with van der Waals surface area (Å²) in [6.45, 7) is 7.14. The molecule has 1 fully saturated rings. The molecule has 0 bridgehead atoms. The van der Waals surface area contributed by atoms with E-state index in [1.165, 1.54) is 11.1 Å². The molecule has 2 aliphatic heterocycles. The van der Waals surface area contributed by atoms with Crippen LogP contribution in [0.15, 0.2) is 36.4 Å². The van der Waals surface area contributed by atoms with Gasteiger partial charge in [0, 0.05) is 62.3 Å². The molecule has 6 nitrogen and oxygen atoms in total. The second kappa shape index (κ2) is 7.59. The van der Waals surface area contributed by atoms with E-state index in [4.69, 9.17) is 10.1 Å². The molecule has 0 unspecified atom stereocenters. The van der Waals surface area contributed by atoms with Gasteiger partial charge in [-0.25, -0.2) is 0 Å². The van der Waals surface area contributed by atoms with Crippen LogP contribution in [0, 0.1) is 0 Å². The summed E-state index contributed by atoms with van der Waals surface area (Å²) < 4.78 is 2.03. The average molecular weight is 390 g/mol. The van der Waals surface area contributed by atoms with Crippen molar-refractivity contribution in [2.24, 2.45) is 0 Å². The predicted octanol–water partition coefficient (Wildman–Crippen LogP) is 3.25. The van der Waals surface area contributed by atoms with E-state index in [-0.39, 0.29) is 5.91 Å². The summed E-state index contributed by atoms with van der Waals surface area (Å²) in [5.74, 6) is 0.108. The fourth-order valence-electron chi connectivity index (χ4n) is 4.61. The first-order valence-corrected chi connectivity index (χ1v) is 10.7. The van der Waals surface area contributed by atoms with Gasteiger partial charge in [-0.15, -0.1) is 0 Å². The smallest absolute Gasteiger partial charge is 0.274 e. The Hall–Kier alpha value is -2.73.